The fourth-order valence-corrected chi connectivity index (χ4v) is 2.83. The molecule has 2 heterocycles. The lowest BCUT2D eigenvalue weighted by atomic mass is 10.0. The summed E-state index contributed by atoms with van der Waals surface area (Å²) in [6, 6.07) is 12.9. The second-order valence-electron chi connectivity index (χ2n) is 6.72. The Bertz CT molecular complexity index is 979. The van der Waals surface area contributed by atoms with Crippen molar-refractivity contribution in [2.75, 3.05) is 13.2 Å². The molecule has 0 spiro atoms. The Kier molecular flexibility index (Phi) is 4.97. The van der Waals surface area contributed by atoms with Crippen molar-refractivity contribution in [2.24, 2.45) is 0 Å². The number of aromatic nitrogens is 2. The summed E-state index contributed by atoms with van der Waals surface area (Å²) in [6.07, 6.45) is 0. The van der Waals surface area contributed by atoms with Crippen molar-refractivity contribution in [3.8, 4) is 22.9 Å². The molecule has 144 valence electrons. The van der Waals surface area contributed by atoms with E-state index in [0.29, 0.717) is 42.0 Å². The summed E-state index contributed by atoms with van der Waals surface area (Å²) in [7, 11) is 0. The molecule has 7 heteroatoms. The zero-order chi connectivity index (χ0) is 19.5. The zero-order valence-electron chi connectivity index (χ0n) is 15.7. The predicted octanol–water partition coefficient (Wildman–Crippen LogP) is 3.99. The molecule has 0 N–H and O–H groups in total. The summed E-state index contributed by atoms with van der Waals surface area (Å²) in [6.45, 7) is 5.12. The Morgan fingerprint density at radius 2 is 1.82 bits per heavy atom. The van der Waals surface area contributed by atoms with Crippen LogP contribution in [0.1, 0.15) is 41.6 Å². The molecule has 0 bridgehead atoms. The van der Waals surface area contributed by atoms with Crippen LogP contribution in [0.3, 0.4) is 0 Å². The number of fused-ring (bicyclic) bond motifs is 1. The SMILES string of the molecule is CC(C)c1ccc(-c2noc(COC(=O)c3ccc4c(c3)OCCO4)n2)cc1. The van der Waals surface area contributed by atoms with Gasteiger partial charge >= 0.3 is 5.97 Å². The number of ether oxygens (including phenoxy) is 3. The van der Waals surface area contributed by atoms with Gasteiger partial charge in [0.15, 0.2) is 18.1 Å². The number of esters is 1. The highest BCUT2D eigenvalue weighted by Crippen LogP contribution is 2.31. The first kappa shape index (κ1) is 18.0. The number of carbonyl (C=O) groups excluding carboxylic acids is 1. The van der Waals surface area contributed by atoms with Gasteiger partial charge in [0.05, 0.1) is 5.56 Å². The molecule has 1 aromatic heterocycles. The zero-order valence-corrected chi connectivity index (χ0v) is 15.7. The van der Waals surface area contributed by atoms with E-state index in [2.05, 4.69) is 24.0 Å². The highest BCUT2D eigenvalue weighted by Gasteiger charge is 2.17. The molecule has 4 rings (SSSR count). The van der Waals surface area contributed by atoms with Crippen LogP contribution in [-0.4, -0.2) is 29.3 Å². The van der Waals surface area contributed by atoms with E-state index < -0.39 is 5.97 Å². The summed E-state index contributed by atoms with van der Waals surface area (Å²) < 4.78 is 21.4. The largest absolute Gasteiger partial charge is 0.486 e. The van der Waals surface area contributed by atoms with Gasteiger partial charge in [0.1, 0.15) is 13.2 Å². The lowest BCUT2D eigenvalue weighted by Gasteiger charge is -2.18. The predicted molar refractivity (Wildman–Crippen MR) is 100 cm³/mol. The van der Waals surface area contributed by atoms with E-state index in [1.165, 1.54) is 5.56 Å². The third-order valence-corrected chi connectivity index (χ3v) is 4.41. The van der Waals surface area contributed by atoms with Crippen LogP contribution in [0.25, 0.3) is 11.4 Å². The molecular formula is C21H20N2O5. The molecule has 0 saturated heterocycles. The van der Waals surface area contributed by atoms with E-state index in [1.54, 1.807) is 18.2 Å². The minimum Gasteiger partial charge on any atom is -0.486 e. The van der Waals surface area contributed by atoms with Crippen molar-refractivity contribution in [3.05, 3.63) is 59.5 Å². The Morgan fingerprint density at radius 1 is 1.07 bits per heavy atom. The number of hydrogen-bond acceptors (Lipinski definition) is 7. The lowest BCUT2D eigenvalue weighted by Crippen LogP contribution is -2.16. The normalized spacial score (nSPS) is 12.8. The van der Waals surface area contributed by atoms with E-state index >= 15 is 0 Å². The first-order valence-corrected chi connectivity index (χ1v) is 9.10. The fourth-order valence-electron chi connectivity index (χ4n) is 2.83. The maximum atomic E-state index is 12.3. The second kappa shape index (κ2) is 7.72. The molecule has 0 fully saturated rings. The highest BCUT2D eigenvalue weighted by molar-refractivity contribution is 5.90. The number of nitrogens with zero attached hydrogens (tertiary/aromatic N) is 2. The van der Waals surface area contributed by atoms with Crippen LogP contribution < -0.4 is 9.47 Å². The number of benzene rings is 2. The maximum absolute atomic E-state index is 12.3. The van der Waals surface area contributed by atoms with Gasteiger partial charge in [0, 0.05) is 5.56 Å². The summed E-state index contributed by atoms with van der Waals surface area (Å²) in [5, 5.41) is 3.96. The van der Waals surface area contributed by atoms with Gasteiger partial charge in [-0.25, -0.2) is 4.79 Å². The maximum Gasteiger partial charge on any atom is 0.338 e. The second-order valence-corrected chi connectivity index (χ2v) is 6.72. The standard InChI is InChI=1S/C21H20N2O5/c1-13(2)14-3-5-15(6-4-14)20-22-19(28-23-20)12-27-21(24)16-7-8-17-18(11-16)26-10-9-25-17/h3-8,11,13H,9-10,12H2,1-2H3. The first-order valence-electron chi connectivity index (χ1n) is 9.10. The van der Waals surface area contributed by atoms with Crippen LogP contribution in [0.4, 0.5) is 0 Å². The quantitative estimate of drug-likeness (QED) is 0.619. The van der Waals surface area contributed by atoms with Crippen LogP contribution in [0, 0.1) is 0 Å². The highest BCUT2D eigenvalue weighted by atomic mass is 16.6. The molecule has 0 atom stereocenters. The Labute approximate surface area is 162 Å². The van der Waals surface area contributed by atoms with Crippen molar-refractivity contribution in [1.82, 2.24) is 10.1 Å². The molecular weight excluding hydrogens is 360 g/mol. The molecule has 0 aliphatic carbocycles. The van der Waals surface area contributed by atoms with E-state index in [4.69, 9.17) is 18.7 Å². The topological polar surface area (TPSA) is 83.7 Å². The van der Waals surface area contributed by atoms with Crippen LogP contribution in [0.2, 0.25) is 0 Å². The van der Waals surface area contributed by atoms with Gasteiger partial charge in [-0.3, -0.25) is 0 Å². The third-order valence-electron chi connectivity index (χ3n) is 4.41. The molecule has 3 aromatic rings. The fraction of sp³-hybridized carbons (Fsp3) is 0.286. The first-order chi connectivity index (χ1) is 13.6. The molecule has 1 aliphatic heterocycles. The Hall–Kier alpha value is -3.35. The van der Waals surface area contributed by atoms with E-state index in [1.807, 2.05) is 24.3 Å². The van der Waals surface area contributed by atoms with Gasteiger partial charge in [-0.05, 0) is 29.7 Å². The summed E-state index contributed by atoms with van der Waals surface area (Å²) in [5.74, 6) is 1.79. The number of hydrogen-bond donors (Lipinski definition) is 0. The van der Waals surface area contributed by atoms with Gasteiger partial charge in [0.2, 0.25) is 5.82 Å². The van der Waals surface area contributed by atoms with Crippen LogP contribution >= 0.6 is 0 Å². The monoisotopic (exact) mass is 380 g/mol. The third kappa shape index (κ3) is 3.83. The van der Waals surface area contributed by atoms with Gasteiger partial charge < -0.3 is 18.7 Å². The van der Waals surface area contributed by atoms with Crippen molar-refractivity contribution < 1.29 is 23.5 Å². The van der Waals surface area contributed by atoms with Crippen molar-refractivity contribution in [2.45, 2.75) is 26.4 Å². The molecule has 0 saturated carbocycles. The van der Waals surface area contributed by atoms with Crippen LogP contribution in [-0.2, 0) is 11.3 Å². The van der Waals surface area contributed by atoms with Crippen molar-refractivity contribution in [1.29, 1.82) is 0 Å². The van der Waals surface area contributed by atoms with Crippen LogP contribution in [0.15, 0.2) is 47.0 Å². The van der Waals surface area contributed by atoms with Crippen LogP contribution in [0.5, 0.6) is 11.5 Å². The average molecular weight is 380 g/mol. The van der Waals surface area contributed by atoms with Crippen molar-refractivity contribution >= 4 is 5.97 Å². The Balaban J connectivity index is 1.39. The van der Waals surface area contributed by atoms with Gasteiger partial charge in [-0.1, -0.05) is 43.3 Å². The molecule has 2 aromatic carbocycles. The van der Waals surface area contributed by atoms with Gasteiger partial charge in [-0.15, -0.1) is 0 Å². The summed E-state index contributed by atoms with van der Waals surface area (Å²) in [5.41, 5.74) is 2.45. The Morgan fingerprint density at radius 3 is 2.57 bits per heavy atom. The van der Waals surface area contributed by atoms with E-state index in [-0.39, 0.29) is 12.5 Å². The smallest absolute Gasteiger partial charge is 0.338 e. The summed E-state index contributed by atoms with van der Waals surface area (Å²) >= 11 is 0. The van der Waals surface area contributed by atoms with Gasteiger partial charge in [0.25, 0.3) is 5.89 Å². The number of carbonyl (C=O) groups is 1. The molecule has 1 aliphatic rings. The summed E-state index contributed by atoms with van der Waals surface area (Å²) in [4.78, 5) is 16.6. The van der Waals surface area contributed by atoms with Crippen molar-refractivity contribution in [3.63, 3.8) is 0 Å². The van der Waals surface area contributed by atoms with E-state index in [9.17, 15) is 4.79 Å². The molecule has 0 radical (unpaired) electrons. The minimum absolute atomic E-state index is 0.107. The molecule has 28 heavy (non-hydrogen) atoms. The van der Waals surface area contributed by atoms with E-state index in [0.717, 1.165) is 5.56 Å². The average Bonchev–Trinajstić information content (AvgIpc) is 3.21. The number of rotatable bonds is 5. The minimum atomic E-state index is -0.502. The molecule has 7 nitrogen and oxygen atoms in total. The van der Waals surface area contributed by atoms with Gasteiger partial charge in [-0.2, -0.15) is 4.98 Å². The lowest BCUT2D eigenvalue weighted by molar-refractivity contribution is 0.0429. The molecule has 0 amide bonds. The molecule has 0 unspecified atom stereocenters.